The number of rotatable bonds is 4. The van der Waals surface area contributed by atoms with E-state index in [9.17, 15) is 4.79 Å². The number of amides is 1. The number of nitrogens with zero attached hydrogens (tertiary/aromatic N) is 3. The van der Waals surface area contributed by atoms with Gasteiger partial charge in [-0.3, -0.25) is 4.79 Å². The van der Waals surface area contributed by atoms with Crippen molar-refractivity contribution >= 4 is 5.91 Å². The topological polar surface area (TPSA) is 50.2 Å². The average molecular weight is 276 g/mol. The van der Waals surface area contributed by atoms with E-state index >= 15 is 0 Å². The van der Waals surface area contributed by atoms with Crippen LogP contribution in [0.1, 0.15) is 43.4 Å². The summed E-state index contributed by atoms with van der Waals surface area (Å²) in [5.41, 5.74) is 2.42. The fraction of sp³-hybridized carbons (Fsp3) is 0.733. The number of hydrogen-bond acceptors (Lipinski definition) is 3. The van der Waals surface area contributed by atoms with Crippen LogP contribution in [0.15, 0.2) is 0 Å². The molecule has 0 aromatic carbocycles. The molecule has 0 radical (unpaired) electrons. The molecule has 1 amide bonds. The number of likely N-dealkylation sites (tertiary alicyclic amines) is 1. The highest BCUT2D eigenvalue weighted by atomic mass is 16.2. The monoisotopic (exact) mass is 276 g/mol. The Labute approximate surface area is 120 Å². The van der Waals surface area contributed by atoms with Crippen molar-refractivity contribution in [3.8, 4) is 0 Å². The largest absolute Gasteiger partial charge is 0.341 e. The predicted octanol–water partition coefficient (Wildman–Crippen LogP) is 1.10. The highest BCUT2D eigenvalue weighted by Crippen LogP contribution is 2.18. The van der Waals surface area contributed by atoms with Crippen molar-refractivity contribution in [1.29, 1.82) is 0 Å². The molecule has 0 bridgehead atoms. The van der Waals surface area contributed by atoms with E-state index in [-0.39, 0.29) is 5.91 Å². The van der Waals surface area contributed by atoms with Crippen molar-refractivity contribution in [2.75, 3.05) is 19.6 Å². The van der Waals surface area contributed by atoms with Crippen LogP contribution in [0.3, 0.4) is 0 Å². The Hall–Kier alpha value is -1.36. The molecule has 110 valence electrons. The maximum absolute atomic E-state index is 12.4. The van der Waals surface area contributed by atoms with Crippen LogP contribution in [0.2, 0.25) is 0 Å². The Morgan fingerprint density at radius 2 is 2.15 bits per heavy atom. The highest BCUT2D eigenvalue weighted by Gasteiger charge is 2.23. The molecule has 1 N–H and O–H groups in total. The lowest BCUT2D eigenvalue weighted by molar-refractivity contribution is -0.130. The zero-order valence-corrected chi connectivity index (χ0v) is 12.3. The zero-order valence-electron chi connectivity index (χ0n) is 12.3. The summed E-state index contributed by atoms with van der Waals surface area (Å²) in [5, 5.41) is 3.36. The maximum atomic E-state index is 12.4. The summed E-state index contributed by atoms with van der Waals surface area (Å²) in [6.07, 6.45) is 5.32. The number of fused-ring (bicyclic) bond motifs is 1. The summed E-state index contributed by atoms with van der Waals surface area (Å²) in [7, 11) is 0. The fourth-order valence-electron chi connectivity index (χ4n) is 3.23. The second kappa shape index (κ2) is 5.95. The molecule has 5 nitrogen and oxygen atoms in total. The van der Waals surface area contributed by atoms with E-state index in [0.717, 1.165) is 69.8 Å². The number of aryl methyl sites for hydroxylation is 1. The smallest absolute Gasteiger partial charge is 0.242 e. The van der Waals surface area contributed by atoms with Crippen LogP contribution in [-0.4, -0.2) is 40.0 Å². The molecule has 2 aliphatic heterocycles. The second-order valence-electron chi connectivity index (χ2n) is 5.77. The third-order valence-corrected chi connectivity index (χ3v) is 4.29. The Morgan fingerprint density at radius 3 is 2.90 bits per heavy atom. The Balaban J connectivity index is 1.82. The predicted molar refractivity (Wildman–Crippen MR) is 77.4 cm³/mol. The summed E-state index contributed by atoms with van der Waals surface area (Å²) in [6, 6.07) is 0. The van der Waals surface area contributed by atoms with Gasteiger partial charge in [-0.15, -0.1) is 0 Å². The van der Waals surface area contributed by atoms with Crippen molar-refractivity contribution in [3.05, 3.63) is 17.2 Å². The number of aromatic nitrogens is 2. The lowest BCUT2D eigenvalue weighted by atomic mass is 10.2. The molecule has 1 aromatic heterocycles. The average Bonchev–Trinajstić information content (AvgIpc) is 3.08. The fourth-order valence-corrected chi connectivity index (χ4v) is 3.23. The molecule has 1 saturated heterocycles. The van der Waals surface area contributed by atoms with E-state index < -0.39 is 0 Å². The first kappa shape index (κ1) is 13.6. The third-order valence-electron chi connectivity index (χ3n) is 4.29. The van der Waals surface area contributed by atoms with Crippen LogP contribution in [0.25, 0.3) is 0 Å². The van der Waals surface area contributed by atoms with Crippen LogP contribution in [0.5, 0.6) is 0 Å². The Bertz CT molecular complexity index is 488. The van der Waals surface area contributed by atoms with Gasteiger partial charge in [-0.1, -0.05) is 6.92 Å². The van der Waals surface area contributed by atoms with Gasteiger partial charge in [0.1, 0.15) is 12.4 Å². The molecule has 0 saturated carbocycles. The van der Waals surface area contributed by atoms with E-state index in [1.54, 1.807) is 0 Å². The van der Waals surface area contributed by atoms with Gasteiger partial charge in [0, 0.05) is 44.7 Å². The van der Waals surface area contributed by atoms with Gasteiger partial charge in [0.25, 0.3) is 0 Å². The molecular weight excluding hydrogens is 252 g/mol. The van der Waals surface area contributed by atoms with Crippen molar-refractivity contribution in [1.82, 2.24) is 19.8 Å². The van der Waals surface area contributed by atoms with Gasteiger partial charge in [0.05, 0.1) is 5.69 Å². The molecule has 1 aromatic rings. The minimum atomic E-state index is 0.263. The minimum absolute atomic E-state index is 0.263. The van der Waals surface area contributed by atoms with E-state index in [1.807, 2.05) is 4.90 Å². The summed E-state index contributed by atoms with van der Waals surface area (Å²) in [5.74, 6) is 1.35. The maximum Gasteiger partial charge on any atom is 0.242 e. The molecule has 0 aliphatic carbocycles. The SMILES string of the molecule is CCCc1nc2c(n1CC(=O)N1CCCC1)CCNC2. The zero-order chi connectivity index (χ0) is 13.9. The van der Waals surface area contributed by atoms with Crippen LogP contribution >= 0.6 is 0 Å². The van der Waals surface area contributed by atoms with E-state index in [4.69, 9.17) is 4.98 Å². The summed E-state index contributed by atoms with van der Waals surface area (Å²) in [6.45, 7) is 6.34. The van der Waals surface area contributed by atoms with Gasteiger partial charge in [-0.05, 0) is 19.3 Å². The lowest BCUT2D eigenvalue weighted by Gasteiger charge is -2.19. The molecule has 1 fully saturated rings. The standard InChI is InChI=1S/C15H24N4O/c1-2-5-14-17-12-10-16-7-6-13(12)19(14)11-15(20)18-8-3-4-9-18/h16H,2-11H2,1H3. The van der Waals surface area contributed by atoms with Gasteiger partial charge >= 0.3 is 0 Å². The lowest BCUT2D eigenvalue weighted by Crippen LogP contribution is -2.33. The van der Waals surface area contributed by atoms with Gasteiger partial charge in [-0.2, -0.15) is 0 Å². The van der Waals surface area contributed by atoms with E-state index in [1.165, 1.54) is 5.69 Å². The molecule has 20 heavy (non-hydrogen) atoms. The number of carbonyl (C=O) groups excluding carboxylic acids is 1. The molecule has 3 heterocycles. The number of hydrogen-bond donors (Lipinski definition) is 1. The van der Waals surface area contributed by atoms with Crippen LogP contribution in [0.4, 0.5) is 0 Å². The highest BCUT2D eigenvalue weighted by molar-refractivity contribution is 5.76. The number of imidazole rings is 1. The normalized spacial score (nSPS) is 18.4. The van der Waals surface area contributed by atoms with Crippen LogP contribution in [0, 0.1) is 0 Å². The molecule has 0 atom stereocenters. The van der Waals surface area contributed by atoms with Crippen molar-refractivity contribution < 1.29 is 4.79 Å². The van der Waals surface area contributed by atoms with Gasteiger partial charge in [-0.25, -0.2) is 4.98 Å². The molecule has 0 unspecified atom stereocenters. The molecular formula is C15H24N4O. The molecule has 2 aliphatic rings. The van der Waals surface area contributed by atoms with E-state index in [2.05, 4.69) is 16.8 Å². The second-order valence-corrected chi connectivity index (χ2v) is 5.77. The van der Waals surface area contributed by atoms with Gasteiger partial charge < -0.3 is 14.8 Å². The van der Waals surface area contributed by atoms with Crippen LogP contribution in [-0.2, 0) is 30.7 Å². The van der Waals surface area contributed by atoms with Gasteiger partial charge in [0.2, 0.25) is 5.91 Å². The summed E-state index contributed by atoms with van der Waals surface area (Å²) < 4.78 is 2.19. The third kappa shape index (κ3) is 2.59. The van der Waals surface area contributed by atoms with Gasteiger partial charge in [0.15, 0.2) is 0 Å². The van der Waals surface area contributed by atoms with Crippen molar-refractivity contribution in [3.63, 3.8) is 0 Å². The first-order valence-corrected chi connectivity index (χ1v) is 7.85. The quantitative estimate of drug-likeness (QED) is 0.896. The Morgan fingerprint density at radius 1 is 1.35 bits per heavy atom. The summed E-state index contributed by atoms with van der Waals surface area (Å²) >= 11 is 0. The number of nitrogens with one attached hydrogen (secondary N) is 1. The first-order valence-electron chi connectivity index (χ1n) is 7.85. The molecule has 0 spiro atoms. The number of carbonyl (C=O) groups is 1. The summed E-state index contributed by atoms with van der Waals surface area (Å²) in [4.78, 5) is 19.2. The minimum Gasteiger partial charge on any atom is -0.341 e. The van der Waals surface area contributed by atoms with Crippen molar-refractivity contribution in [2.24, 2.45) is 0 Å². The molecule has 5 heteroatoms. The first-order chi connectivity index (χ1) is 9.79. The molecule has 3 rings (SSSR count). The van der Waals surface area contributed by atoms with Crippen LogP contribution < -0.4 is 5.32 Å². The van der Waals surface area contributed by atoms with E-state index in [0.29, 0.717) is 6.54 Å². The van der Waals surface area contributed by atoms with Crippen molar-refractivity contribution in [2.45, 2.75) is 52.1 Å². The Kier molecular flexibility index (Phi) is 4.05.